The Bertz CT molecular complexity index is 701. The largest absolute Gasteiger partial charge is 0.378 e. The van der Waals surface area contributed by atoms with Crippen LogP contribution < -0.4 is 10.2 Å². The zero-order valence-electron chi connectivity index (χ0n) is 14.2. The van der Waals surface area contributed by atoms with E-state index < -0.39 is 0 Å². The Labute approximate surface area is 151 Å². The minimum absolute atomic E-state index is 0.736. The average molecular weight is 391 g/mol. The molecule has 1 aromatic carbocycles. The maximum Gasteiger partial charge on any atom is 0.130 e. The Balaban J connectivity index is 1.78. The van der Waals surface area contributed by atoms with Crippen LogP contribution in [0.5, 0.6) is 0 Å². The Morgan fingerprint density at radius 2 is 2.00 bits per heavy atom. The van der Waals surface area contributed by atoms with Crippen LogP contribution in [0.2, 0.25) is 0 Å². The lowest BCUT2D eigenvalue weighted by atomic mass is 10.1. The minimum atomic E-state index is 0.736. The molecule has 1 saturated heterocycles. The molecule has 0 atom stereocenters. The topological polar surface area (TPSA) is 50.3 Å². The fourth-order valence-corrected chi connectivity index (χ4v) is 3.22. The molecule has 6 heteroatoms. The molecule has 128 valence electrons. The summed E-state index contributed by atoms with van der Waals surface area (Å²) in [6, 6.07) is 8.46. The van der Waals surface area contributed by atoms with Crippen molar-refractivity contribution >= 4 is 27.4 Å². The molecule has 2 aromatic rings. The van der Waals surface area contributed by atoms with E-state index in [9.17, 15) is 0 Å². The first kappa shape index (κ1) is 17.2. The van der Waals surface area contributed by atoms with Gasteiger partial charge in [-0.1, -0.05) is 28.9 Å². The molecule has 0 amide bonds. The third-order valence-electron chi connectivity index (χ3n) is 4.11. The number of nitrogens with one attached hydrogen (secondary N) is 1. The van der Waals surface area contributed by atoms with E-state index in [-0.39, 0.29) is 0 Å². The number of hydrogen-bond acceptors (Lipinski definition) is 5. The van der Waals surface area contributed by atoms with Crippen LogP contribution in [0.3, 0.4) is 0 Å². The number of benzene rings is 1. The highest BCUT2D eigenvalue weighted by molar-refractivity contribution is 9.10. The number of ether oxygens (including phenoxy) is 1. The second-order valence-corrected chi connectivity index (χ2v) is 6.79. The number of aryl methyl sites for hydroxylation is 2. The summed E-state index contributed by atoms with van der Waals surface area (Å²) in [4.78, 5) is 11.3. The fraction of sp³-hybridized carbons (Fsp3) is 0.444. The second kappa shape index (κ2) is 7.94. The highest BCUT2D eigenvalue weighted by Gasteiger charge is 2.15. The molecule has 1 fully saturated rings. The number of morpholine rings is 1. The molecule has 5 nitrogen and oxygen atoms in total. The molecule has 2 heterocycles. The van der Waals surface area contributed by atoms with E-state index in [2.05, 4.69) is 61.2 Å². The molecular weight excluding hydrogens is 368 g/mol. The van der Waals surface area contributed by atoms with Gasteiger partial charge in [-0.15, -0.1) is 0 Å². The van der Waals surface area contributed by atoms with Crippen LogP contribution in [-0.2, 0) is 17.7 Å². The van der Waals surface area contributed by atoms with Crippen molar-refractivity contribution in [1.29, 1.82) is 0 Å². The molecule has 1 N–H and O–H groups in total. The number of rotatable bonds is 5. The molecule has 0 spiro atoms. The zero-order chi connectivity index (χ0) is 16.9. The number of halogens is 1. The van der Waals surface area contributed by atoms with Gasteiger partial charge in [0.25, 0.3) is 0 Å². The maximum absolute atomic E-state index is 5.47. The molecule has 0 aliphatic carbocycles. The molecule has 0 unspecified atom stereocenters. The van der Waals surface area contributed by atoms with Gasteiger partial charge in [0, 0.05) is 41.6 Å². The first-order chi connectivity index (χ1) is 11.7. The van der Waals surface area contributed by atoms with E-state index in [0.29, 0.717) is 0 Å². The SMILES string of the molecule is CCc1cc(NCc2ccc(Br)cc2N2CCOCC2)nc(C)n1. The van der Waals surface area contributed by atoms with Crippen LogP contribution >= 0.6 is 15.9 Å². The molecular formula is C18H23BrN4O. The van der Waals surface area contributed by atoms with Gasteiger partial charge < -0.3 is 15.0 Å². The van der Waals surface area contributed by atoms with Crippen molar-refractivity contribution < 1.29 is 4.74 Å². The van der Waals surface area contributed by atoms with Crippen molar-refractivity contribution in [3.8, 4) is 0 Å². The standard InChI is InChI=1S/C18H23BrN4O/c1-3-16-11-18(22-13(2)21-16)20-12-14-4-5-15(19)10-17(14)23-6-8-24-9-7-23/h4-5,10-11H,3,6-9,12H2,1-2H3,(H,20,21,22). The second-order valence-electron chi connectivity index (χ2n) is 5.87. The van der Waals surface area contributed by atoms with E-state index >= 15 is 0 Å². The summed E-state index contributed by atoms with van der Waals surface area (Å²) in [6.45, 7) is 8.19. The summed E-state index contributed by atoms with van der Waals surface area (Å²) in [5.74, 6) is 1.69. The average Bonchev–Trinajstić information content (AvgIpc) is 2.61. The molecule has 1 aliphatic rings. The van der Waals surface area contributed by atoms with Gasteiger partial charge in [-0.2, -0.15) is 0 Å². The Hall–Kier alpha value is -1.66. The minimum Gasteiger partial charge on any atom is -0.378 e. The van der Waals surface area contributed by atoms with Gasteiger partial charge in [0.2, 0.25) is 0 Å². The van der Waals surface area contributed by atoms with Crippen LogP contribution in [0.15, 0.2) is 28.7 Å². The molecule has 3 rings (SSSR count). The van der Waals surface area contributed by atoms with Crippen LogP contribution in [0.25, 0.3) is 0 Å². The van der Waals surface area contributed by atoms with Crippen LogP contribution in [0.4, 0.5) is 11.5 Å². The Morgan fingerprint density at radius 3 is 2.75 bits per heavy atom. The number of aromatic nitrogens is 2. The van der Waals surface area contributed by atoms with Crippen LogP contribution in [0, 0.1) is 6.92 Å². The third kappa shape index (κ3) is 4.24. The summed E-state index contributed by atoms with van der Waals surface area (Å²) in [7, 11) is 0. The van der Waals surface area contributed by atoms with E-state index in [1.54, 1.807) is 0 Å². The molecule has 0 radical (unpaired) electrons. The lowest BCUT2D eigenvalue weighted by Crippen LogP contribution is -2.36. The van der Waals surface area contributed by atoms with Crippen molar-refractivity contribution in [3.63, 3.8) is 0 Å². The first-order valence-corrected chi connectivity index (χ1v) is 9.14. The van der Waals surface area contributed by atoms with Crippen molar-refractivity contribution in [2.24, 2.45) is 0 Å². The fourth-order valence-electron chi connectivity index (χ4n) is 2.87. The van der Waals surface area contributed by atoms with E-state index in [0.717, 1.165) is 61.1 Å². The molecule has 1 aliphatic heterocycles. The van der Waals surface area contributed by atoms with Gasteiger partial charge in [0.1, 0.15) is 11.6 Å². The highest BCUT2D eigenvalue weighted by Crippen LogP contribution is 2.27. The van der Waals surface area contributed by atoms with Crippen LogP contribution in [-0.4, -0.2) is 36.3 Å². The monoisotopic (exact) mass is 390 g/mol. The summed E-state index contributed by atoms with van der Waals surface area (Å²) >= 11 is 3.59. The normalized spacial score (nSPS) is 14.7. The molecule has 0 saturated carbocycles. The van der Waals surface area contributed by atoms with E-state index in [4.69, 9.17) is 4.74 Å². The summed E-state index contributed by atoms with van der Waals surface area (Å²) in [6.07, 6.45) is 0.912. The predicted molar refractivity (Wildman–Crippen MR) is 101 cm³/mol. The van der Waals surface area contributed by atoms with Crippen molar-refractivity contribution in [2.45, 2.75) is 26.8 Å². The van der Waals surface area contributed by atoms with Gasteiger partial charge in [-0.05, 0) is 31.0 Å². The smallest absolute Gasteiger partial charge is 0.130 e. The van der Waals surface area contributed by atoms with Crippen molar-refractivity contribution in [2.75, 3.05) is 36.5 Å². The van der Waals surface area contributed by atoms with E-state index in [1.165, 1.54) is 11.3 Å². The quantitative estimate of drug-likeness (QED) is 0.845. The zero-order valence-corrected chi connectivity index (χ0v) is 15.8. The Kier molecular flexibility index (Phi) is 5.68. The summed E-state index contributed by atoms with van der Waals surface area (Å²) in [5.41, 5.74) is 3.57. The van der Waals surface area contributed by atoms with Gasteiger partial charge >= 0.3 is 0 Å². The summed E-state index contributed by atoms with van der Waals surface area (Å²) in [5, 5.41) is 3.45. The predicted octanol–water partition coefficient (Wildman–Crippen LogP) is 3.56. The molecule has 0 bridgehead atoms. The molecule has 1 aromatic heterocycles. The maximum atomic E-state index is 5.47. The van der Waals surface area contributed by atoms with E-state index in [1.807, 2.05) is 13.0 Å². The number of nitrogens with zero attached hydrogens (tertiary/aromatic N) is 3. The number of hydrogen-bond donors (Lipinski definition) is 1. The van der Waals surface area contributed by atoms with Crippen molar-refractivity contribution in [3.05, 3.63) is 45.8 Å². The van der Waals surface area contributed by atoms with Gasteiger partial charge in [0.05, 0.1) is 13.2 Å². The first-order valence-electron chi connectivity index (χ1n) is 8.35. The number of anilines is 2. The van der Waals surface area contributed by atoms with Gasteiger partial charge in [-0.25, -0.2) is 9.97 Å². The lowest BCUT2D eigenvalue weighted by Gasteiger charge is -2.31. The lowest BCUT2D eigenvalue weighted by molar-refractivity contribution is 0.122. The molecule has 24 heavy (non-hydrogen) atoms. The van der Waals surface area contributed by atoms with Crippen LogP contribution in [0.1, 0.15) is 24.0 Å². The van der Waals surface area contributed by atoms with Gasteiger partial charge in [-0.3, -0.25) is 0 Å². The van der Waals surface area contributed by atoms with Gasteiger partial charge in [0.15, 0.2) is 0 Å². The Morgan fingerprint density at radius 1 is 1.21 bits per heavy atom. The summed E-state index contributed by atoms with van der Waals surface area (Å²) < 4.78 is 6.57. The third-order valence-corrected chi connectivity index (χ3v) is 4.61. The highest BCUT2D eigenvalue weighted by atomic mass is 79.9. The van der Waals surface area contributed by atoms with Crippen molar-refractivity contribution in [1.82, 2.24) is 9.97 Å².